The highest BCUT2D eigenvalue weighted by molar-refractivity contribution is 7.92. The third-order valence-corrected chi connectivity index (χ3v) is 15.7. The summed E-state index contributed by atoms with van der Waals surface area (Å²) in [6, 6.07) is 13.9. The van der Waals surface area contributed by atoms with E-state index in [-0.39, 0.29) is 45.6 Å². The van der Waals surface area contributed by atoms with Crippen LogP contribution in [0.25, 0.3) is 0 Å². The Morgan fingerprint density at radius 2 is 1.71 bits per heavy atom. The number of carbonyl (C=O) groups excluding carboxylic acids is 3. The maximum absolute atomic E-state index is 15.5. The van der Waals surface area contributed by atoms with Crippen LogP contribution in [0.3, 0.4) is 0 Å². The zero-order valence-electron chi connectivity index (χ0n) is 38.1. The molecule has 4 aliphatic heterocycles. The summed E-state index contributed by atoms with van der Waals surface area (Å²) in [5, 5.41) is 9.16. The molecule has 8 rings (SSSR count). The molecule has 3 saturated heterocycles. The van der Waals surface area contributed by atoms with Gasteiger partial charge >= 0.3 is 0 Å². The van der Waals surface area contributed by atoms with E-state index in [1.54, 1.807) is 43.0 Å². The number of nitrogens with one attached hydrogen (secondary N) is 3. The minimum absolute atomic E-state index is 0.106. The number of fused-ring (bicyclic) bond motifs is 1. The number of aldehydes is 1. The number of carbonyl (C=O) groups is 3. The van der Waals surface area contributed by atoms with Crippen LogP contribution in [0.1, 0.15) is 80.4 Å². The first-order chi connectivity index (χ1) is 31.6. The second-order valence-electron chi connectivity index (χ2n) is 18.3. The van der Waals surface area contributed by atoms with E-state index in [9.17, 15) is 22.8 Å². The second-order valence-corrected chi connectivity index (χ2v) is 21.2. The number of rotatable bonds is 15. The van der Waals surface area contributed by atoms with Crippen molar-refractivity contribution in [1.29, 1.82) is 0 Å². The number of piperazine rings is 1. The van der Waals surface area contributed by atoms with E-state index in [1.807, 2.05) is 26.0 Å². The number of benzene rings is 3. The highest BCUT2D eigenvalue weighted by atomic mass is 35.5. The minimum atomic E-state index is -3.59. The molecule has 0 bridgehead atoms. The van der Waals surface area contributed by atoms with Gasteiger partial charge in [0.25, 0.3) is 5.91 Å². The van der Waals surface area contributed by atoms with Crippen LogP contribution in [0.5, 0.6) is 5.75 Å². The first-order valence-corrected chi connectivity index (χ1v) is 24.8. The number of sulfone groups is 1. The molecule has 4 aromatic rings. The van der Waals surface area contributed by atoms with Crippen LogP contribution in [0.15, 0.2) is 59.6 Å². The maximum atomic E-state index is 15.5. The fraction of sp³-hybridized carbons (Fsp3) is 0.479. The van der Waals surface area contributed by atoms with Gasteiger partial charge in [-0.2, -0.15) is 4.98 Å². The first-order valence-electron chi connectivity index (χ1n) is 22.9. The fourth-order valence-electron chi connectivity index (χ4n) is 9.56. The van der Waals surface area contributed by atoms with Gasteiger partial charge in [-0.15, -0.1) is 0 Å². The van der Waals surface area contributed by atoms with E-state index in [1.165, 1.54) is 12.3 Å². The summed E-state index contributed by atoms with van der Waals surface area (Å²) in [5.41, 5.74) is 5.04. The molecule has 2 unspecified atom stereocenters. The Kier molecular flexibility index (Phi) is 14.3. The lowest BCUT2D eigenvalue weighted by Crippen LogP contribution is -2.53. The van der Waals surface area contributed by atoms with Gasteiger partial charge in [0.15, 0.2) is 21.9 Å². The lowest BCUT2D eigenvalue weighted by Gasteiger charge is -2.43. The van der Waals surface area contributed by atoms with Gasteiger partial charge in [0.05, 0.1) is 39.9 Å². The molecule has 2 atom stereocenters. The SMILES string of the molecule is Cc1cc(Nc2ncc(Cl)c(Nc3ccccc3S(=O)(=O)C(C)C)n2)c(OC(C)C)cc1N1CCC(N2CCN(Cc3cc4c(cc3F)C(=O)N(C3CCC(C(=O)C=O)NC3)C4)CC2)CC1. The van der Waals surface area contributed by atoms with Crippen molar-refractivity contribution in [3.63, 3.8) is 0 Å². The predicted molar refractivity (Wildman–Crippen MR) is 254 cm³/mol. The first kappa shape index (κ1) is 47.3. The highest BCUT2D eigenvalue weighted by Crippen LogP contribution is 2.38. The van der Waals surface area contributed by atoms with Gasteiger partial charge in [0.2, 0.25) is 11.7 Å². The van der Waals surface area contributed by atoms with Crippen LogP contribution < -0.4 is 25.6 Å². The fourth-order valence-corrected chi connectivity index (χ4v) is 10.9. The van der Waals surface area contributed by atoms with Gasteiger partial charge in [-0.1, -0.05) is 23.7 Å². The largest absolute Gasteiger partial charge is 0.489 e. The zero-order valence-corrected chi connectivity index (χ0v) is 39.7. The summed E-state index contributed by atoms with van der Waals surface area (Å²) in [7, 11) is -3.59. The predicted octanol–water partition coefficient (Wildman–Crippen LogP) is 6.67. The molecule has 3 aromatic carbocycles. The van der Waals surface area contributed by atoms with Crippen molar-refractivity contribution in [1.82, 2.24) is 30.0 Å². The Morgan fingerprint density at radius 3 is 2.39 bits per heavy atom. The van der Waals surface area contributed by atoms with E-state index in [0.29, 0.717) is 73.1 Å². The zero-order chi connectivity index (χ0) is 46.9. The van der Waals surface area contributed by atoms with Crippen LogP contribution in [0.2, 0.25) is 5.02 Å². The molecule has 0 saturated carbocycles. The Morgan fingerprint density at radius 1 is 0.970 bits per heavy atom. The monoisotopic (exact) mass is 943 g/mol. The number of hydrogen-bond donors (Lipinski definition) is 3. The van der Waals surface area contributed by atoms with Gasteiger partial charge in [-0.05, 0) is 102 Å². The second kappa shape index (κ2) is 20.0. The number of ether oxygens (including phenoxy) is 1. The molecule has 1 aromatic heterocycles. The average molecular weight is 945 g/mol. The molecule has 66 heavy (non-hydrogen) atoms. The van der Waals surface area contributed by atoms with Crippen molar-refractivity contribution < 1.29 is 31.9 Å². The van der Waals surface area contributed by atoms with Gasteiger partial charge in [-0.25, -0.2) is 17.8 Å². The molecule has 0 spiro atoms. The number of piperidine rings is 2. The Bertz CT molecular complexity index is 2580. The third kappa shape index (κ3) is 10.2. The summed E-state index contributed by atoms with van der Waals surface area (Å²) >= 11 is 6.53. The number of anilines is 5. The number of hydrogen-bond acceptors (Lipinski definition) is 14. The van der Waals surface area contributed by atoms with E-state index in [4.69, 9.17) is 16.3 Å². The Balaban J connectivity index is 0.862. The molecule has 3 fully saturated rings. The number of amides is 1. The van der Waals surface area contributed by atoms with Crippen LogP contribution in [0.4, 0.5) is 33.2 Å². The van der Waals surface area contributed by atoms with Gasteiger partial charge in [-0.3, -0.25) is 24.2 Å². The third-order valence-electron chi connectivity index (χ3n) is 13.2. The molecular formula is C48H59ClFN9O6S. The van der Waals surface area contributed by atoms with Crippen molar-refractivity contribution >= 4 is 68.2 Å². The van der Waals surface area contributed by atoms with Gasteiger partial charge < -0.3 is 30.5 Å². The molecule has 4 aliphatic rings. The van der Waals surface area contributed by atoms with E-state index in [2.05, 4.69) is 53.6 Å². The standard InChI is InChI=1S/C48H59ClFN9O6S/c1-29(2)65-44-23-42(31(5)20-41(44)54-48-52-25-37(49)46(55-48)53-40-8-6-7-9-45(40)66(63,64)30(3)4)58-14-12-34(13-15-58)57-18-16-56(17-19-57)26-33-21-32-27-59(47(62)36(32)22-38(33)50)35-10-11-39(51-24-35)43(61)28-60/h6-9,20-23,25,28-30,34-35,39,51H,10-19,24,26-27H2,1-5H3,(H2,52,53,54,55). The lowest BCUT2D eigenvalue weighted by molar-refractivity contribution is -0.131. The summed E-state index contributed by atoms with van der Waals surface area (Å²) in [4.78, 5) is 54.3. The number of ketones is 1. The summed E-state index contributed by atoms with van der Waals surface area (Å²) in [6.07, 6.45) is 4.80. The summed E-state index contributed by atoms with van der Waals surface area (Å²) < 4.78 is 48.1. The van der Waals surface area contributed by atoms with Crippen LogP contribution in [0, 0.1) is 12.7 Å². The molecule has 352 valence electrons. The van der Waals surface area contributed by atoms with Crippen molar-refractivity contribution in [3.8, 4) is 5.75 Å². The lowest BCUT2D eigenvalue weighted by atomic mass is 9.97. The molecular weight excluding hydrogens is 885 g/mol. The number of halogens is 2. The number of nitrogens with zero attached hydrogens (tertiary/aromatic N) is 6. The van der Waals surface area contributed by atoms with Crippen molar-refractivity contribution in [2.24, 2.45) is 0 Å². The van der Waals surface area contributed by atoms with Crippen molar-refractivity contribution in [3.05, 3.63) is 87.8 Å². The molecule has 18 heteroatoms. The van der Waals surface area contributed by atoms with Crippen LogP contribution in [-0.4, -0.2) is 126 Å². The Hall–Kier alpha value is -5.20. The van der Waals surface area contributed by atoms with E-state index >= 15 is 4.39 Å². The molecule has 0 radical (unpaired) electrons. The summed E-state index contributed by atoms with van der Waals surface area (Å²) in [6.45, 7) is 15.8. The van der Waals surface area contributed by atoms with Crippen molar-refractivity contribution in [2.45, 2.75) is 108 Å². The average Bonchev–Trinajstić information content (AvgIpc) is 3.62. The molecule has 1 amide bonds. The highest BCUT2D eigenvalue weighted by Gasteiger charge is 2.37. The number of aromatic nitrogens is 2. The number of Topliss-reactive ketones (excluding diaryl/α,β-unsaturated/α-hetero) is 1. The Labute approximate surface area is 391 Å². The maximum Gasteiger partial charge on any atom is 0.254 e. The van der Waals surface area contributed by atoms with Gasteiger partial charge in [0.1, 0.15) is 16.6 Å². The molecule has 0 aliphatic carbocycles. The van der Waals surface area contributed by atoms with E-state index in [0.717, 1.165) is 68.9 Å². The topological polar surface area (TPSA) is 169 Å². The van der Waals surface area contributed by atoms with Crippen LogP contribution in [-0.2, 0) is 32.5 Å². The van der Waals surface area contributed by atoms with Gasteiger partial charge in [0, 0.05) is 93.9 Å². The van der Waals surface area contributed by atoms with Crippen molar-refractivity contribution in [2.75, 3.05) is 61.3 Å². The smallest absolute Gasteiger partial charge is 0.254 e. The van der Waals surface area contributed by atoms with Crippen LogP contribution >= 0.6 is 11.6 Å². The molecule has 3 N–H and O–H groups in total. The minimum Gasteiger partial charge on any atom is -0.489 e. The normalized spacial score (nSPS) is 19.9. The quantitative estimate of drug-likeness (QED) is 0.0854. The van der Waals surface area contributed by atoms with E-state index < -0.39 is 26.9 Å². The number of para-hydroxylation sites is 1. The molecule has 15 nitrogen and oxygen atoms in total. The molecule has 5 heterocycles. The number of aryl methyl sites for hydroxylation is 1. The summed E-state index contributed by atoms with van der Waals surface area (Å²) in [5.74, 6) is 0.143.